The normalized spacial score (nSPS) is 10.9. The van der Waals surface area contributed by atoms with Crippen molar-refractivity contribution in [2.24, 2.45) is 0 Å². The Labute approximate surface area is 230 Å². The number of hydrogen-bond acceptors (Lipinski definition) is 10. The van der Waals surface area contributed by atoms with Gasteiger partial charge in [0, 0.05) is 0 Å². The van der Waals surface area contributed by atoms with E-state index >= 15 is 0 Å². The van der Waals surface area contributed by atoms with Gasteiger partial charge in [-0.25, -0.2) is 0 Å². The van der Waals surface area contributed by atoms with Crippen LogP contribution in [0.2, 0.25) is 0 Å². The van der Waals surface area contributed by atoms with Gasteiger partial charge in [0.2, 0.25) is 11.5 Å². The highest BCUT2D eigenvalue weighted by Gasteiger charge is 2.23. The molecule has 0 fully saturated rings. The predicted octanol–water partition coefficient (Wildman–Crippen LogP) is 5.90. The van der Waals surface area contributed by atoms with E-state index in [1.165, 1.54) is 60.9 Å². The summed E-state index contributed by atoms with van der Waals surface area (Å²) in [6.07, 6.45) is 6.18. The minimum atomic E-state index is -0.672. The van der Waals surface area contributed by atoms with Gasteiger partial charge in [-0.2, -0.15) is 0 Å². The van der Waals surface area contributed by atoms with Gasteiger partial charge in [0.05, 0.1) is 69.7 Å². The molecule has 0 N–H and O–H groups in total. The van der Waals surface area contributed by atoms with E-state index in [9.17, 15) is 20.2 Å². The summed E-state index contributed by atoms with van der Waals surface area (Å²) in [7, 11) is 8.83. The van der Waals surface area contributed by atoms with Crippen LogP contribution in [0.4, 0.5) is 11.4 Å². The van der Waals surface area contributed by atoms with Crippen molar-refractivity contribution >= 4 is 35.7 Å². The molecular formula is C28H28N2O10. The lowest BCUT2D eigenvalue weighted by Crippen LogP contribution is -1.98. The largest absolute Gasteiger partial charge is 0.493 e. The van der Waals surface area contributed by atoms with Gasteiger partial charge in [-0.3, -0.25) is 20.2 Å². The van der Waals surface area contributed by atoms with E-state index in [2.05, 4.69) is 0 Å². The zero-order valence-electron chi connectivity index (χ0n) is 22.8. The Morgan fingerprint density at radius 3 is 1.07 bits per heavy atom. The van der Waals surface area contributed by atoms with Crippen molar-refractivity contribution in [2.45, 2.75) is 0 Å². The second-order valence-corrected chi connectivity index (χ2v) is 8.07. The Kier molecular flexibility index (Phi) is 9.52. The molecule has 0 aliphatic carbocycles. The fraction of sp³-hybridized carbons (Fsp3) is 0.214. The number of benzene rings is 3. The zero-order chi connectivity index (χ0) is 29.4. The molecule has 0 amide bonds. The van der Waals surface area contributed by atoms with Gasteiger partial charge in [0.25, 0.3) is 11.4 Å². The molecule has 3 aromatic rings. The van der Waals surface area contributed by atoms with E-state index in [4.69, 9.17) is 28.4 Å². The Balaban J connectivity index is 2.13. The van der Waals surface area contributed by atoms with Gasteiger partial charge in [0.1, 0.15) is 0 Å². The number of nitro benzene ring substituents is 2. The molecular weight excluding hydrogens is 524 g/mol. The minimum absolute atomic E-state index is 0.147. The third kappa shape index (κ3) is 6.23. The molecule has 3 rings (SSSR count). The topological polar surface area (TPSA) is 142 Å². The first-order chi connectivity index (χ1) is 19.2. The van der Waals surface area contributed by atoms with Crippen LogP contribution in [0.15, 0.2) is 36.4 Å². The van der Waals surface area contributed by atoms with Crippen molar-refractivity contribution in [3.8, 4) is 34.5 Å². The first-order valence-corrected chi connectivity index (χ1v) is 11.6. The van der Waals surface area contributed by atoms with E-state index in [-0.39, 0.29) is 11.1 Å². The number of hydrogen-bond donors (Lipinski definition) is 0. The molecule has 0 radical (unpaired) electrons. The predicted molar refractivity (Wildman–Crippen MR) is 150 cm³/mol. The highest BCUT2D eigenvalue weighted by molar-refractivity contribution is 5.83. The van der Waals surface area contributed by atoms with Crippen LogP contribution in [0.1, 0.15) is 22.3 Å². The average molecular weight is 553 g/mol. The van der Waals surface area contributed by atoms with E-state index in [0.717, 1.165) is 6.07 Å². The smallest absolute Gasteiger partial charge is 0.283 e. The van der Waals surface area contributed by atoms with Crippen LogP contribution < -0.4 is 28.4 Å². The summed E-state index contributed by atoms with van der Waals surface area (Å²) in [6.45, 7) is 0. The van der Waals surface area contributed by atoms with Crippen LogP contribution in [0.3, 0.4) is 0 Å². The van der Waals surface area contributed by atoms with Gasteiger partial charge < -0.3 is 28.4 Å². The van der Waals surface area contributed by atoms with Crippen LogP contribution >= 0.6 is 0 Å². The highest BCUT2D eigenvalue weighted by Crippen LogP contribution is 2.40. The fourth-order valence-corrected chi connectivity index (χ4v) is 3.96. The molecule has 0 heterocycles. The van der Waals surface area contributed by atoms with Gasteiger partial charge >= 0.3 is 0 Å². The molecule has 40 heavy (non-hydrogen) atoms. The molecule has 3 aromatic carbocycles. The molecule has 0 saturated carbocycles. The first-order valence-electron chi connectivity index (χ1n) is 11.6. The minimum Gasteiger partial charge on any atom is -0.493 e. The molecule has 0 spiro atoms. The third-order valence-corrected chi connectivity index (χ3v) is 5.85. The zero-order valence-corrected chi connectivity index (χ0v) is 22.8. The summed E-state index contributed by atoms with van der Waals surface area (Å²) in [6, 6.07) is 8.98. The van der Waals surface area contributed by atoms with E-state index in [0.29, 0.717) is 45.6 Å². The molecule has 0 aliphatic heterocycles. The second kappa shape index (κ2) is 13.0. The number of ether oxygens (including phenoxy) is 6. The van der Waals surface area contributed by atoms with Crippen molar-refractivity contribution in [3.63, 3.8) is 0 Å². The fourth-order valence-electron chi connectivity index (χ4n) is 3.96. The molecule has 12 heteroatoms. The number of rotatable bonds is 12. The van der Waals surface area contributed by atoms with E-state index in [1.807, 2.05) is 0 Å². The molecule has 0 unspecified atom stereocenters. The molecule has 12 nitrogen and oxygen atoms in total. The maximum absolute atomic E-state index is 11.8. The van der Waals surface area contributed by atoms with E-state index < -0.39 is 21.2 Å². The van der Waals surface area contributed by atoms with Crippen molar-refractivity contribution in [2.75, 3.05) is 42.7 Å². The standard InChI is InChI=1S/C28H28N2O10/c1-35-23-11-17(12-24(36-2)27(23)39-5)7-9-19-15-20(22(30(33)34)16-21(19)29(31)32)10-8-18-13-25(37-3)28(40-6)26(14-18)38-4/h7-16H,1-6H3/b9-7+,10-8+. The van der Waals surface area contributed by atoms with Crippen LogP contribution in [0.25, 0.3) is 24.3 Å². The SMILES string of the molecule is COc1cc(/C=C/c2cc(/C=C/c3cc(OC)c(OC)c(OC)c3)c([N+](=O)[O-])cc2[N+](=O)[O-])cc(OC)c1OC. The molecule has 0 aliphatic rings. The second-order valence-electron chi connectivity index (χ2n) is 8.07. The van der Waals surface area contributed by atoms with E-state index in [1.54, 1.807) is 36.4 Å². The maximum Gasteiger partial charge on any atom is 0.283 e. The first kappa shape index (κ1) is 29.3. The van der Waals surface area contributed by atoms with Gasteiger partial charge in [-0.15, -0.1) is 0 Å². The van der Waals surface area contributed by atoms with Gasteiger partial charge in [-0.1, -0.05) is 12.2 Å². The number of nitrogens with zero attached hydrogens (tertiary/aromatic N) is 2. The summed E-state index contributed by atoms with van der Waals surface area (Å²) in [4.78, 5) is 22.3. The molecule has 0 aromatic heterocycles. The Morgan fingerprint density at radius 1 is 0.500 bits per heavy atom. The monoisotopic (exact) mass is 552 g/mol. The van der Waals surface area contributed by atoms with Gasteiger partial charge in [0.15, 0.2) is 23.0 Å². The lowest BCUT2D eigenvalue weighted by Gasteiger charge is -2.13. The van der Waals surface area contributed by atoms with Crippen molar-refractivity contribution in [1.82, 2.24) is 0 Å². The summed E-state index contributed by atoms with van der Waals surface area (Å²) in [5, 5.41) is 23.6. The molecule has 0 atom stereocenters. The van der Waals surface area contributed by atoms with Crippen molar-refractivity contribution in [1.29, 1.82) is 0 Å². The molecule has 0 saturated heterocycles. The summed E-state index contributed by atoms with van der Waals surface area (Å²) in [5.74, 6) is 2.37. The third-order valence-electron chi connectivity index (χ3n) is 5.85. The van der Waals surface area contributed by atoms with Gasteiger partial charge in [-0.05, 0) is 53.6 Å². The molecule has 210 valence electrons. The lowest BCUT2D eigenvalue weighted by atomic mass is 10.0. The number of nitro groups is 2. The van der Waals surface area contributed by atoms with Crippen LogP contribution in [0, 0.1) is 20.2 Å². The van der Waals surface area contributed by atoms with Crippen LogP contribution in [-0.2, 0) is 0 Å². The maximum atomic E-state index is 11.8. The Hall–Kier alpha value is -5.26. The highest BCUT2D eigenvalue weighted by atomic mass is 16.6. The quantitative estimate of drug-likeness (QED) is 0.151. The van der Waals surface area contributed by atoms with Crippen LogP contribution in [-0.4, -0.2) is 52.5 Å². The lowest BCUT2D eigenvalue weighted by molar-refractivity contribution is -0.394. The Morgan fingerprint density at radius 2 is 0.825 bits per heavy atom. The molecule has 0 bridgehead atoms. The van der Waals surface area contributed by atoms with Crippen molar-refractivity contribution in [3.05, 3.63) is 78.9 Å². The number of methoxy groups -OCH3 is 6. The Bertz CT molecular complexity index is 1320. The van der Waals surface area contributed by atoms with Crippen LogP contribution in [0.5, 0.6) is 34.5 Å². The summed E-state index contributed by atoms with van der Waals surface area (Å²) in [5.41, 5.74) is 0.622. The van der Waals surface area contributed by atoms with Crippen molar-refractivity contribution < 1.29 is 38.3 Å². The summed E-state index contributed by atoms with van der Waals surface area (Å²) >= 11 is 0. The summed E-state index contributed by atoms with van der Waals surface area (Å²) < 4.78 is 32.1. The average Bonchev–Trinajstić information content (AvgIpc) is 2.96.